The second-order valence-electron chi connectivity index (χ2n) is 4.40. The number of fused-ring (bicyclic) bond motifs is 4. The van der Waals surface area contributed by atoms with Gasteiger partial charge < -0.3 is 5.32 Å². The molecule has 0 aromatic rings. The average molecular weight is 194 g/mol. The second-order valence-corrected chi connectivity index (χ2v) is 4.40. The van der Waals surface area contributed by atoms with E-state index >= 15 is 0 Å². The van der Waals surface area contributed by atoms with Crippen LogP contribution in [0.1, 0.15) is 6.42 Å². The SMILES string of the molecule is C1CN2CCN(C1)C(C1=NCCN1)C2. The molecule has 4 heterocycles. The van der Waals surface area contributed by atoms with Crippen LogP contribution in [0.15, 0.2) is 4.99 Å². The van der Waals surface area contributed by atoms with Gasteiger partial charge in [0.25, 0.3) is 0 Å². The number of nitrogens with one attached hydrogen (secondary N) is 1. The molecule has 4 nitrogen and oxygen atoms in total. The van der Waals surface area contributed by atoms with Gasteiger partial charge in [0.05, 0.1) is 12.6 Å². The maximum Gasteiger partial charge on any atom is 0.115 e. The molecular formula is C10H18N4. The molecule has 3 atom stereocenters. The van der Waals surface area contributed by atoms with Gasteiger partial charge in [0.1, 0.15) is 5.84 Å². The summed E-state index contributed by atoms with van der Waals surface area (Å²) in [6.07, 6.45) is 1.32. The van der Waals surface area contributed by atoms with Crippen molar-refractivity contribution in [3.05, 3.63) is 0 Å². The van der Waals surface area contributed by atoms with Crippen molar-refractivity contribution in [1.29, 1.82) is 0 Å². The maximum atomic E-state index is 4.56. The molecule has 3 unspecified atom stereocenters. The largest absolute Gasteiger partial charge is 0.371 e. The predicted molar refractivity (Wildman–Crippen MR) is 56.7 cm³/mol. The van der Waals surface area contributed by atoms with E-state index in [4.69, 9.17) is 0 Å². The Hall–Kier alpha value is -0.610. The lowest BCUT2D eigenvalue weighted by molar-refractivity contribution is 0.149. The molecule has 2 bridgehead atoms. The molecule has 0 aliphatic carbocycles. The summed E-state index contributed by atoms with van der Waals surface area (Å²) in [6, 6.07) is 0.564. The van der Waals surface area contributed by atoms with E-state index in [9.17, 15) is 0 Å². The van der Waals surface area contributed by atoms with Crippen molar-refractivity contribution in [3.63, 3.8) is 0 Å². The van der Waals surface area contributed by atoms with Crippen molar-refractivity contribution >= 4 is 5.84 Å². The predicted octanol–water partition coefficient (Wildman–Crippen LogP) is -0.622. The number of nitrogens with zero attached hydrogens (tertiary/aromatic N) is 3. The first kappa shape index (κ1) is 8.68. The summed E-state index contributed by atoms with van der Waals surface area (Å²) in [4.78, 5) is 9.73. The van der Waals surface area contributed by atoms with Gasteiger partial charge in [0.15, 0.2) is 0 Å². The molecule has 0 radical (unpaired) electrons. The van der Waals surface area contributed by atoms with Gasteiger partial charge in [-0.15, -0.1) is 0 Å². The van der Waals surface area contributed by atoms with E-state index in [1.165, 1.54) is 45.0 Å². The van der Waals surface area contributed by atoms with E-state index in [-0.39, 0.29) is 0 Å². The summed E-state index contributed by atoms with van der Waals surface area (Å²) in [6.45, 7) is 8.21. The monoisotopic (exact) mass is 194 g/mol. The zero-order valence-corrected chi connectivity index (χ0v) is 8.58. The first-order chi connectivity index (χ1) is 6.93. The molecule has 0 aromatic heterocycles. The molecule has 0 amide bonds. The van der Waals surface area contributed by atoms with Gasteiger partial charge in [0.2, 0.25) is 0 Å². The molecule has 14 heavy (non-hydrogen) atoms. The third-order valence-corrected chi connectivity index (χ3v) is 3.51. The Balaban J connectivity index is 1.79. The van der Waals surface area contributed by atoms with E-state index in [0.717, 1.165) is 13.1 Å². The standard InChI is InChI=1S/C10H18N4/c1-4-13-6-7-14(5-1)9(8-13)10-11-2-3-12-10/h9H,1-8H2,(H,11,12). The van der Waals surface area contributed by atoms with Gasteiger partial charge in [-0.2, -0.15) is 0 Å². The minimum absolute atomic E-state index is 0.564. The Labute approximate surface area is 85.0 Å². The molecule has 4 aliphatic heterocycles. The van der Waals surface area contributed by atoms with E-state index in [0.29, 0.717) is 6.04 Å². The van der Waals surface area contributed by atoms with Crippen molar-refractivity contribution in [3.8, 4) is 0 Å². The molecule has 4 heteroatoms. The van der Waals surface area contributed by atoms with Gasteiger partial charge in [-0.05, 0) is 13.0 Å². The lowest BCUT2D eigenvalue weighted by atomic mass is 10.1. The number of rotatable bonds is 1. The Bertz CT molecular complexity index is 247. The Morgan fingerprint density at radius 1 is 1.21 bits per heavy atom. The van der Waals surface area contributed by atoms with Crippen LogP contribution >= 0.6 is 0 Å². The number of piperazine rings is 1. The Morgan fingerprint density at radius 2 is 2.21 bits per heavy atom. The van der Waals surface area contributed by atoms with Gasteiger partial charge in [-0.3, -0.25) is 14.8 Å². The highest BCUT2D eigenvalue weighted by atomic mass is 15.3. The summed E-state index contributed by atoms with van der Waals surface area (Å²) in [5.74, 6) is 1.25. The topological polar surface area (TPSA) is 30.9 Å². The van der Waals surface area contributed by atoms with E-state index < -0.39 is 0 Å². The Kier molecular flexibility index (Phi) is 2.18. The van der Waals surface area contributed by atoms with Crippen LogP contribution in [0.3, 0.4) is 0 Å². The first-order valence-corrected chi connectivity index (χ1v) is 5.68. The fourth-order valence-electron chi connectivity index (χ4n) is 2.74. The second kappa shape index (κ2) is 3.51. The fraction of sp³-hybridized carbons (Fsp3) is 0.900. The molecule has 4 rings (SSSR count). The normalized spacial score (nSPS) is 41.7. The molecule has 0 aromatic carbocycles. The molecule has 78 valence electrons. The molecule has 0 spiro atoms. The zero-order chi connectivity index (χ0) is 9.38. The van der Waals surface area contributed by atoms with Crippen LogP contribution in [0.5, 0.6) is 0 Å². The van der Waals surface area contributed by atoms with Crippen molar-refractivity contribution in [1.82, 2.24) is 15.1 Å². The zero-order valence-electron chi connectivity index (χ0n) is 8.58. The van der Waals surface area contributed by atoms with Crippen molar-refractivity contribution < 1.29 is 0 Å². The van der Waals surface area contributed by atoms with Gasteiger partial charge in [0, 0.05) is 32.7 Å². The van der Waals surface area contributed by atoms with Crippen molar-refractivity contribution in [2.75, 3.05) is 45.8 Å². The van der Waals surface area contributed by atoms with Gasteiger partial charge >= 0.3 is 0 Å². The van der Waals surface area contributed by atoms with E-state index in [2.05, 4.69) is 20.1 Å². The fourth-order valence-corrected chi connectivity index (χ4v) is 2.74. The lowest BCUT2D eigenvalue weighted by Crippen LogP contribution is -2.55. The molecule has 0 saturated carbocycles. The lowest BCUT2D eigenvalue weighted by Gasteiger charge is -2.37. The summed E-state index contributed by atoms with van der Waals surface area (Å²) in [5.41, 5.74) is 0. The van der Waals surface area contributed by atoms with E-state index in [1.54, 1.807) is 0 Å². The van der Waals surface area contributed by atoms with Crippen LogP contribution in [-0.2, 0) is 0 Å². The summed E-state index contributed by atoms with van der Waals surface area (Å²) in [7, 11) is 0. The summed E-state index contributed by atoms with van der Waals surface area (Å²) >= 11 is 0. The number of aliphatic imine (C=N–C) groups is 1. The average Bonchev–Trinajstić information content (AvgIpc) is 2.56. The van der Waals surface area contributed by atoms with Crippen LogP contribution < -0.4 is 5.32 Å². The van der Waals surface area contributed by atoms with Crippen molar-refractivity contribution in [2.45, 2.75) is 12.5 Å². The first-order valence-electron chi connectivity index (χ1n) is 5.68. The van der Waals surface area contributed by atoms with Crippen LogP contribution in [-0.4, -0.2) is 67.5 Å². The maximum absolute atomic E-state index is 4.56. The summed E-state index contributed by atoms with van der Waals surface area (Å²) in [5, 5.41) is 3.42. The molecule has 3 fully saturated rings. The summed E-state index contributed by atoms with van der Waals surface area (Å²) < 4.78 is 0. The third kappa shape index (κ3) is 1.42. The van der Waals surface area contributed by atoms with Gasteiger partial charge in [-0.1, -0.05) is 0 Å². The highest BCUT2D eigenvalue weighted by Gasteiger charge is 2.33. The number of amidine groups is 1. The highest BCUT2D eigenvalue weighted by Crippen LogP contribution is 2.16. The highest BCUT2D eigenvalue weighted by molar-refractivity contribution is 5.89. The van der Waals surface area contributed by atoms with Crippen LogP contribution in [0, 0.1) is 0 Å². The van der Waals surface area contributed by atoms with Crippen LogP contribution in [0.2, 0.25) is 0 Å². The van der Waals surface area contributed by atoms with Crippen LogP contribution in [0.25, 0.3) is 0 Å². The molecule has 3 saturated heterocycles. The van der Waals surface area contributed by atoms with E-state index in [1.807, 2.05) is 0 Å². The number of hydrogen-bond donors (Lipinski definition) is 1. The molecule has 1 N–H and O–H groups in total. The Morgan fingerprint density at radius 3 is 3.07 bits per heavy atom. The number of hydrogen-bond acceptors (Lipinski definition) is 4. The van der Waals surface area contributed by atoms with Crippen molar-refractivity contribution in [2.24, 2.45) is 4.99 Å². The van der Waals surface area contributed by atoms with Gasteiger partial charge in [-0.25, -0.2) is 0 Å². The molecule has 4 aliphatic rings. The molecular weight excluding hydrogens is 176 g/mol. The smallest absolute Gasteiger partial charge is 0.115 e. The quantitative estimate of drug-likeness (QED) is 0.603. The third-order valence-electron chi connectivity index (χ3n) is 3.51. The van der Waals surface area contributed by atoms with Crippen LogP contribution in [0.4, 0.5) is 0 Å². The minimum atomic E-state index is 0.564. The minimum Gasteiger partial charge on any atom is -0.371 e.